The normalized spacial score (nSPS) is 14.6. The van der Waals surface area contributed by atoms with Gasteiger partial charge >= 0.3 is 0 Å². The Morgan fingerprint density at radius 2 is 2.28 bits per heavy atom. The predicted octanol–water partition coefficient (Wildman–Crippen LogP) is 1.44. The minimum atomic E-state index is 0.843. The Labute approximate surface area is 106 Å². The lowest BCUT2D eigenvalue weighted by Gasteiger charge is -2.30. The van der Waals surface area contributed by atoms with Gasteiger partial charge in [0.1, 0.15) is 5.82 Å². The molecular weight excluding hydrogens is 226 g/mol. The molecule has 1 aromatic heterocycles. The van der Waals surface area contributed by atoms with Crippen molar-refractivity contribution < 1.29 is 0 Å². The molecule has 1 aliphatic rings. The van der Waals surface area contributed by atoms with Crippen LogP contribution < -0.4 is 10.6 Å². The number of nitrogen functional groups attached to an aromatic ring is 1. The summed E-state index contributed by atoms with van der Waals surface area (Å²) < 4.78 is 1.93. The fraction of sp³-hybridized carbons (Fsp3) is 0.385. The Kier molecular flexibility index (Phi) is 2.66. The number of anilines is 2. The average molecular weight is 243 g/mol. The molecule has 5 nitrogen and oxygen atoms in total. The quantitative estimate of drug-likeness (QED) is 0.811. The van der Waals surface area contributed by atoms with Crippen LogP contribution in [0.1, 0.15) is 18.1 Å². The molecule has 18 heavy (non-hydrogen) atoms. The largest absolute Gasteiger partial charge is 0.398 e. The van der Waals surface area contributed by atoms with E-state index in [1.807, 2.05) is 23.0 Å². The Hall–Kier alpha value is -2.04. The van der Waals surface area contributed by atoms with E-state index in [2.05, 4.69) is 28.2 Å². The van der Waals surface area contributed by atoms with Crippen LogP contribution in [-0.2, 0) is 19.5 Å². The summed E-state index contributed by atoms with van der Waals surface area (Å²) in [7, 11) is 0. The van der Waals surface area contributed by atoms with Crippen molar-refractivity contribution in [2.24, 2.45) is 0 Å². The first-order chi connectivity index (χ1) is 8.79. The van der Waals surface area contributed by atoms with Crippen LogP contribution >= 0.6 is 0 Å². The van der Waals surface area contributed by atoms with Gasteiger partial charge in [-0.1, -0.05) is 17.3 Å². The molecule has 0 fully saturated rings. The topological polar surface area (TPSA) is 60.0 Å². The minimum absolute atomic E-state index is 0.843. The maximum absolute atomic E-state index is 6.01. The zero-order chi connectivity index (χ0) is 12.5. The van der Waals surface area contributed by atoms with Crippen molar-refractivity contribution >= 4 is 11.5 Å². The number of hydrogen-bond donors (Lipinski definition) is 1. The van der Waals surface area contributed by atoms with E-state index < -0.39 is 0 Å². The summed E-state index contributed by atoms with van der Waals surface area (Å²) in [6.07, 6.45) is 2.82. The predicted molar refractivity (Wildman–Crippen MR) is 71.3 cm³/mol. The molecular formula is C13H17N5. The van der Waals surface area contributed by atoms with Gasteiger partial charge in [-0.15, -0.1) is 5.10 Å². The highest BCUT2D eigenvalue weighted by molar-refractivity contribution is 5.54. The van der Waals surface area contributed by atoms with Gasteiger partial charge in [-0.05, 0) is 30.5 Å². The summed E-state index contributed by atoms with van der Waals surface area (Å²) in [6, 6.07) is 6.15. The average Bonchev–Trinajstić information content (AvgIpc) is 2.87. The monoisotopic (exact) mass is 243 g/mol. The summed E-state index contributed by atoms with van der Waals surface area (Å²) in [6.45, 7) is 4.77. The van der Waals surface area contributed by atoms with E-state index in [9.17, 15) is 0 Å². The Bertz CT molecular complexity index is 560. The van der Waals surface area contributed by atoms with Crippen molar-refractivity contribution in [1.29, 1.82) is 0 Å². The number of aromatic nitrogens is 3. The van der Waals surface area contributed by atoms with Gasteiger partial charge in [-0.3, -0.25) is 0 Å². The van der Waals surface area contributed by atoms with Crippen molar-refractivity contribution in [3.05, 3.63) is 35.5 Å². The molecule has 1 aromatic carbocycles. The fourth-order valence-corrected chi connectivity index (χ4v) is 2.56. The number of benzene rings is 1. The van der Waals surface area contributed by atoms with Gasteiger partial charge < -0.3 is 10.6 Å². The Morgan fingerprint density at radius 3 is 3.11 bits per heavy atom. The summed E-state index contributed by atoms with van der Waals surface area (Å²) >= 11 is 0. The molecule has 2 N–H and O–H groups in total. The van der Waals surface area contributed by atoms with E-state index in [-0.39, 0.29) is 0 Å². The third kappa shape index (κ3) is 1.72. The van der Waals surface area contributed by atoms with E-state index >= 15 is 0 Å². The molecule has 3 rings (SSSR count). The number of nitrogens with zero attached hydrogens (tertiary/aromatic N) is 4. The molecule has 0 atom stereocenters. The minimum Gasteiger partial charge on any atom is -0.398 e. The van der Waals surface area contributed by atoms with Crippen LogP contribution in [0.2, 0.25) is 0 Å². The zero-order valence-corrected chi connectivity index (χ0v) is 10.5. The second kappa shape index (κ2) is 4.33. The van der Waals surface area contributed by atoms with Crippen LogP contribution in [0.3, 0.4) is 0 Å². The molecule has 5 heteroatoms. The van der Waals surface area contributed by atoms with Gasteiger partial charge in [0.15, 0.2) is 0 Å². The maximum Gasteiger partial charge on any atom is 0.147 e. The summed E-state index contributed by atoms with van der Waals surface area (Å²) in [5.41, 5.74) is 9.53. The van der Waals surface area contributed by atoms with Gasteiger partial charge in [-0.25, -0.2) is 4.68 Å². The molecule has 0 unspecified atom stereocenters. The van der Waals surface area contributed by atoms with Gasteiger partial charge in [0, 0.05) is 25.3 Å². The molecule has 0 bridgehead atoms. The van der Waals surface area contributed by atoms with Crippen LogP contribution in [0.4, 0.5) is 11.5 Å². The Balaban J connectivity index is 1.91. The van der Waals surface area contributed by atoms with E-state index in [1.54, 1.807) is 0 Å². The number of fused-ring (bicyclic) bond motifs is 1. The van der Waals surface area contributed by atoms with Crippen molar-refractivity contribution in [3.8, 4) is 0 Å². The van der Waals surface area contributed by atoms with E-state index in [4.69, 9.17) is 5.73 Å². The first kappa shape index (κ1) is 11.1. The molecule has 2 heterocycles. The number of nitrogens with two attached hydrogens (primary N) is 1. The smallest absolute Gasteiger partial charge is 0.147 e. The van der Waals surface area contributed by atoms with Crippen molar-refractivity contribution in [2.45, 2.75) is 26.4 Å². The highest BCUT2D eigenvalue weighted by atomic mass is 15.5. The first-order valence-corrected chi connectivity index (χ1v) is 6.29. The lowest BCUT2D eigenvalue weighted by molar-refractivity contribution is 0.600. The number of hydrogen-bond acceptors (Lipinski definition) is 4. The van der Waals surface area contributed by atoms with Gasteiger partial charge in [0.2, 0.25) is 0 Å². The molecule has 0 radical (unpaired) electrons. The van der Waals surface area contributed by atoms with Crippen LogP contribution in [0.25, 0.3) is 0 Å². The third-order valence-corrected chi connectivity index (χ3v) is 3.52. The van der Waals surface area contributed by atoms with Gasteiger partial charge in [0.05, 0.1) is 6.20 Å². The molecule has 0 saturated heterocycles. The molecule has 94 valence electrons. The zero-order valence-electron chi connectivity index (χ0n) is 10.5. The van der Waals surface area contributed by atoms with Gasteiger partial charge in [0.25, 0.3) is 0 Å². The second-order valence-corrected chi connectivity index (χ2v) is 4.56. The van der Waals surface area contributed by atoms with E-state index in [0.717, 1.165) is 37.6 Å². The molecule has 1 aliphatic heterocycles. The first-order valence-electron chi connectivity index (χ1n) is 6.29. The fourth-order valence-electron chi connectivity index (χ4n) is 2.56. The lowest BCUT2D eigenvalue weighted by Crippen LogP contribution is -2.32. The van der Waals surface area contributed by atoms with Crippen LogP contribution in [-0.4, -0.2) is 21.5 Å². The van der Waals surface area contributed by atoms with Gasteiger partial charge in [-0.2, -0.15) is 0 Å². The van der Waals surface area contributed by atoms with Crippen LogP contribution in [0.15, 0.2) is 24.4 Å². The maximum atomic E-state index is 6.01. The lowest BCUT2D eigenvalue weighted by atomic mass is 9.98. The standard InChI is InChI=1S/C13H17N5/c1-2-18-13(8-15-16-18)17-7-6-11-10(9-17)4-3-5-12(11)14/h3-5,8H,2,6-7,9,14H2,1H3. The van der Waals surface area contributed by atoms with E-state index in [1.165, 1.54) is 11.1 Å². The van der Waals surface area contributed by atoms with Crippen molar-refractivity contribution in [1.82, 2.24) is 15.0 Å². The van der Waals surface area contributed by atoms with Crippen molar-refractivity contribution in [2.75, 3.05) is 17.2 Å². The van der Waals surface area contributed by atoms with Crippen LogP contribution in [0.5, 0.6) is 0 Å². The molecule has 2 aromatic rings. The van der Waals surface area contributed by atoms with Crippen molar-refractivity contribution in [3.63, 3.8) is 0 Å². The number of rotatable bonds is 2. The second-order valence-electron chi connectivity index (χ2n) is 4.56. The van der Waals surface area contributed by atoms with Crippen LogP contribution in [0, 0.1) is 0 Å². The molecule has 0 aliphatic carbocycles. The Morgan fingerprint density at radius 1 is 1.39 bits per heavy atom. The van der Waals surface area contributed by atoms with E-state index in [0.29, 0.717) is 0 Å². The highest BCUT2D eigenvalue weighted by Crippen LogP contribution is 2.27. The molecule has 0 spiro atoms. The summed E-state index contributed by atoms with van der Waals surface area (Å²) in [4.78, 5) is 2.31. The molecule has 0 saturated carbocycles. The highest BCUT2D eigenvalue weighted by Gasteiger charge is 2.20. The SMILES string of the molecule is CCn1nncc1N1CCc2c(N)cccc2C1. The summed E-state index contributed by atoms with van der Waals surface area (Å²) in [5.74, 6) is 1.09. The third-order valence-electron chi connectivity index (χ3n) is 3.52. The molecule has 0 amide bonds. The summed E-state index contributed by atoms with van der Waals surface area (Å²) in [5, 5.41) is 8.07. The number of aryl methyl sites for hydroxylation is 1.